The largest absolute Gasteiger partial charge is 0.383 e. The van der Waals surface area contributed by atoms with Gasteiger partial charge in [-0.3, -0.25) is 4.79 Å². The van der Waals surface area contributed by atoms with Crippen molar-refractivity contribution in [3.63, 3.8) is 0 Å². The van der Waals surface area contributed by atoms with Crippen LogP contribution in [-0.2, 0) is 4.79 Å². The average molecular weight is 190 g/mol. The minimum absolute atomic E-state index is 0.274. The summed E-state index contributed by atoms with van der Waals surface area (Å²) in [5.41, 5.74) is 3.91. The fourth-order valence-corrected chi connectivity index (χ4v) is 1.33. The molecule has 1 heterocycles. The lowest BCUT2D eigenvalue weighted by atomic mass is 10.0. The number of nitrogens with one attached hydrogen (secondary N) is 1. The van der Waals surface area contributed by atoms with E-state index in [0.29, 0.717) is 5.71 Å². The van der Waals surface area contributed by atoms with Gasteiger partial charge in [0.2, 0.25) is 0 Å². The predicted molar refractivity (Wildman–Crippen MR) is 51.7 cm³/mol. The fourth-order valence-electron chi connectivity index (χ4n) is 1.33. The molecule has 0 spiro atoms. The second kappa shape index (κ2) is 3.59. The molecule has 0 saturated carbocycles. The third-order valence-electron chi connectivity index (χ3n) is 2.10. The van der Waals surface area contributed by atoms with Crippen LogP contribution in [0.3, 0.4) is 0 Å². The number of carbonyl (C=O) groups excluding carboxylic acids is 1. The molecule has 1 amide bonds. The van der Waals surface area contributed by atoms with Crippen LogP contribution >= 0.6 is 0 Å². The van der Waals surface area contributed by atoms with E-state index in [-0.39, 0.29) is 6.42 Å². The first-order chi connectivity index (χ1) is 6.77. The monoisotopic (exact) mass is 190 g/mol. The van der Waals surface area contributed by atoms with Crippen molar-refractivity contribution in [2.24, 2.45) is 5.10 Å². The van der Waals surface area contributed by atoms with E-state index in [1.165, 1.54) is 0 Å². The Kier molecular flexibility index (Phi) is 2.28. The summed E-state index contributed by atoms with van der Waals surface area (Å²) in [6.45, 7) is 0. The van der Waals surface area contributed by atoms with E-state index in [9.17, 15) is 9.90 Å². The van der Waals surface area contributed by atoms with Gasteiger partial charge in [0.1, 0.15) is 6.10 Å². The lowest BCUT2D eigenvalue weighted by Crippen LogP contribution is -2.38. The van der Waals surface area contributed by atoms with Crippen LogP contribution in [0.25, 0.3) is 0 Å². The molecule has 0 saturated heterocycles. The van der Waals surface area contributed by atoms with Gasteiger partial charge < -0.3 is 5.11 Å². The van der Waals surface area contributed by atoms with Crippen molar-refractivity contribution in [2.45, 2.75) is 12.5 Å². The smallest absolute Gasteiger partial charge is 0.269 e. The second-order valence-electron chi connectivity index (χ2n) is 3.12. The number of benzene rings is 1. The van der Waals surface area contributed by atoms with Crippen LogP contribution in [0.5, 0.6) is 0 Å². The Morgan fingerprint density at radius 3 is 2.71 bits per heavy atom. The van der Waals surface area contributed by atoms with Crippen LogP contribution < -0.4 is 5.43 Å². The quantitative estimate of drug-likeness (QED) is 0.667. The van der Waals surface area contributed by atoms with E-state index >= 15 is 0 Å². The standard InChI is InChI=1S/C10H10N2O2/c13-9-6-8(11-12-10(9)14)7-4-2-1-3-5-7/h1-5,9,13H,6H2,(H,12,14). The third-order valence-corrected chi connectivity index (χ3v) is 2.10. The summed E-state index contributed by atoms with van der Waals surface area (Å²) >= 11 is 0. The molecule has 2 rings (SSSR count). The molecular weight excluding hydrogens is 180 g/mol. The number of amides is 1. The van der Waals surface area contributed by atoms with Gasteiger partial charge in [0, 0.05) is 6.42 Å². The highest BCUT2D eigenvalue weighted by atomic mass is 16.3. The number of aliphatic hydroxyl groups excluding tert-OH is 1. The first kappa shape index (κ1) is 8.90. The van der Waals surface area contributed by atoms with E-state index in [1.807, 2.05) is 30.3 Å². The number of rotatable bonds is 1. The molecule has 1 aliphatic rings. The number of hydrogen-bond acceptors (Lipinski definition) is 3. The summed E-state index contributed by atoms with van der Waals surface area (Å²) in [4.78, 5) is 10.9. The Balaban J connectivity index is 2.25. The molecule has 0 bridgehead atoms. The molecule has 0 radical (unpaired) electrons. The first-order valence-corrected chi connectivity index (χ1v) is 4.37. The van der Waals surface area contributed by atoms with Gasteiger partial charge >= 0.3 is 0 Å². The number of nitrogens with zero attached hydrogens (tertiary/aromatic N) is 1. The summed E-state index contributed by atoms with van der Waals surface area (Å²) in [5.74, 6) is -0.440. The maximum absolute atomic E-state index is 10.9. The Bertz CT molecular complexity index is 373. The van der Waals surface area contributed by atoms with E-state index < -0.39 is 12.0 Å². The highest BCUT2D eigenvalue weighted by molar-refractivity contribution is 6.05. The summed E-state index contributed by atoms with van der Waals surface area (Å²) < 4.78 is 0. The van der Waals surface area contributed by atoms with Crippen LogP contribution in [0, 0.1) is 0 Å². The lowest BCUT2D eigenvalue weighted by molar-refractivity contribution is -0.129. The van der Waals surface area contributed by atoms with E-state index in [4.69, 9.17) is 0 Å². The summed E-state index contributed by atoms with van der Waals surface area (Å²) in [6, 6.07) is 9.47. The van der Waals surface area contributed by atoms with Crippen LogP contribution in [-0.4, -0.2) is 22.8 Å². The zero-order valence-corrected chi connectivity index (χ0v) is 7.47. The van der Waals surface area contributed by atoms with Gasteiger partial charge in [-0.1, -0.05) is 30.3 Å². The molecular formula is C10H10N2O2. The van der Waals surface area contributed by atoms with Crippen molar-refractivity contribution in [1.29, 1.82) is 0 Å². The molecule has 0 fully saturated rings. The predicted octanol–water partition coefficient (Wildman–Crippen LogP) is 0.271. The molecule has 1 unspecified atom stereocenters. The molecule has 14 heavy (non-hydrogen) atoms. The average Bonchev–Trinajstić information content (AvgIpc) is 2.23. The second-order valence-corrected chi connectivity index (χ2v) is 3.12. The maximum atomic E-state index is 10.9. The highest BCUT2D eigenvalue weighted by Gasteiger charge is 2.22. The van der Waals surface area contributed by atoms with E-state index in [0.717, 1.165) is 5.56 Å². The van der Waals surface area contributed by atoms with Crippen molar-refractivity contribution in [2.75, 3.05) is 0 Å². The summed E-state index contributed by atoms with van der Waals surface area (Å²) in [7, 11) is 0. The Labute approximate surface area is 81.3 Å². The molecule has 1 atom stereocenters. The zero-order chi connectivity index (χ0) is 9.97. The van der Waals surface area contributed by atoms with Gasteiger partial charge in [-0.25, -0.2) is 5.43 Å². The minimum atomic E-state index is -0.984. The maximum Gasteiger partial charge on any atom is 0.269 e. The van der Waals surface area contributed by atoms with Gasteiger partial charge in [0.05, 0.1) is 5.71 Å². The van der Waals surface area contributed by atoms with Gasteiger partial charge in [-0.05, 0) is 5.56 Å². The topological polar surface area (TPSA) is 61.7 Å². The van der Waals surface area contributed by atoms with Crippen LogP contribution in [0.4, 0.5) is 0 Å². The fraction of sp³-hybridized carbons (Fsp3) is 0.200. The number of carbonyl (C=O) groups is 1. The van der Waals surface area contributed by atoms with Crippen LogP contribution in [0.1, 0.15) is 12.0 Å². The van der Waals surface area contributed by atoms with Crippen molar-refractivity contribution in [3.8, 4) is 0 Å². The number of aliphatic hydroxyl groups is 1. The third kappa shape index (κ3) is 1.65. The molecule has 1 aromatic carbocycles. The van der Waals surface area contributed by atoms with Crippen LogP contribution in [0.15, 0.2) is 35.4 Å². The minimum Gasteiger partial charge on any atom is -0.383 e. The van der Waals surface area contributed by atoms with Gasteiger partial charge in [0.25, 0.3) is 5.91 Å². The molecule has 72 valence electrons. The molecule has 4 heteroatoms. The Morgan fingerprint density at radius 1 is 1.36 bits per heavy atom. The van der Waals surface area contributed by atoms with Gasteiger partial charge in [-0.15, -0.1) is 0 Å². The summed E-state index contributed by atoms with van der Waals surface area (Å²) in [5, 5.41) is 13.2. The van der Waals surface area contributed by atoms with Gasteiger partial charge in [0.15, 0.2) is 0 Å². The number of hydrazone groups is 1. The Hall–Kier alpha value is -1.68. The molecule has 2 N–H and O–H groups in total. The van der Waals surface area contributed by atoms with E-state index in [2.05, 4.69) is 10.5 Å². The lowest BCUT2D eigenvalue weighted by Gasteiger charge is -2.16. The van der Waals surface area contributed by atoms with Crippen molar-refractivity contribution in [3.05, 3.63) is 35.9 Å². The van der Waals surface area contributed by atoms with Crippen molar-refractivity contribution >= 4 is 11.6 Å². The van der Waals surface area contributed by atoms with Crippen molar-refractivity contribution in [1.82, 2.24) is 5.43 Å². The number of hydrogen-bond donors (Lipinski definition) is 2. The highest BCUT2D eigenvalue weighted by Crippen LogP contribution is 2.09. The SMILES string of the molecule is O=C1NN=C(c2ccccc2)CC1O. The normalized spacial score (nSPS) is 21.4. The van der Waals surface area contributed by atoms with E-state index in [1.54, 1.807) is 0 Å². The first-order valence-electron chi connectivity index (χ1n) is 4.37. The van der Waals surface area contributed by atoms with Gasteiger partial charge in [-0.2, -0.15) is 5.10 Å². The summed E-state index contributed by atoms with van der Waals surface area (Å²) in [6.07, 6.45) is -0.710. The molecule has 1 aliphatic heterocycles. The van der Waals surface area contributed by atoms with Crippen LogP contribution in [0.2, 0.25) is 0 Å². The van der Waals surface area contributed by atoms with Crippen molar-refractivity contribution < 1.29 is 9.90 Å². The molecule has 0 aliphatic carbocycles. The zero-order valence-electron chi connectivity index (χ0n) is 7.47. The molecule has 0 aromatic heterocycles. The molecule has 1 aromatic rings. The molecule has 4 nitrogen and oxygen atoms in total. The Morgan fingerprint density at radius 2 is 2.07 bits per heavy atom.